The van der Waals surface area contributed by atoms with Gasteiger partial charge in [-0.2, -0.15) is 0 Å². The van der Waals surface area contributed by atoms with Crippen LogP contribution in [0.3, 0.4) is 0 Å². The van der Waals surface area contributed by atoms with E-state index in [0.29, 0.717) is 42.3 Å². The summed E-state index contributed by atoms with van der Waals surface area (Å²) in [4.78, 5) is 39.8. The van der Waals surface area contributed by atoms with Crippen LogP contribution in [0.1, 0.15) is 36.5 Å². The lowest BCUT2D eigenvalue weighted by Crippen LogP contribution is -2.47. The van der Waals surface area contributed by atoms with E-state index in [-0.39, 0.29) is 17.6 Å². The zero-order chi connectivity index (χ0) is 18.6. The van der Waals surface area contributed by atoms with Gasteiger partial charge in [0.25, 0.3) is 5.91 Å². The van der Waals surface area contributed by atoms with Gasteiger partial charge < -0.3 is 14.5 Å². The van der Waals surface area contributed by atoms with E-state index in [0.717, 1.165) is 6.42 Å². The first-order valence-electron chi connectivity index (χ1n) is 8.24. The molecule has 0 aromatic heterocycles. The molecule has 136 valence electrons. The number of likely N-dealkylation sites (tertiary alicyclic amines) is 1. The maximum Gasteiger partial charge on any atom is 0.258 e. The quantitative estimate of drug-likeness (QED) is 0.775. The number of halogens is 1. The van der Waals surface area contributed by atoms with Gasteiger partial charge in [0.05, 0.1) is 12.7 Å². The Labute approximate surface area is 152 Å². The summed E-state index contributed by atoms with van der Waals surface area (Å²) in [5, 5.41) is 0.435. The van der Waals surface area contributed by atoms with Gasteiger partial charge in [0.2, 0.25) is 5.91 Å². The number of amides is 2. The molecule has 1 saturated heterocycles. The number of rotatable bonds is 6. The van der Waals surface area contributed by atoms with Crippen LogP contribution in [-0.4, -0.2) is 60.7 Å². The Bertz CT molecular complexity index is 677. The maximum absolute atomic E-state index is 12.9. The van der Waals surface area contributed by atoms with Crippen molar-refractivity contribution in [2.24, 2.45) is 0 Å². The number of benzene rings is 1. The van der Waals surface area contributed by atoms with Crippen molar-refractivity contribution in [3.8, 4) is 5.75 Å². The third-order valence-electron chi connectivity index (χ3n) is 4.37. The van der Waals surface area contributed by atoms with E-state index in [2.05, 4.69) is 0 Å². The second-order valence-corrected chi connectivity index (χ2v) is 6.65. The first kappa shape index (κ1) is 19.2. The summed E-state index contributed by atoms with van der Waals surface area (Å²) >= 11 is 6.01. The molecular weight excluding hydrogens is 344 g/mol. The van der Waals surface area contributed by atoms with Gasteiger partial charge in [-0.05, 0) is 38.0 Å². The molecule has 0 radical (unpaired) electrons. The summed E-state index contributed by atoms with van der Waals surface area (Å²) < 4.78 is 5.25. The summed E-state index contributed by atoms with van der Waals surface area (Å²) in [6.45, 7) is 2.35. The Morgan fingerprint density at radius 3 is 2.72 bits per heavy atom. The highest BCUT2D eigenvalue weighted by molar-refractivity contribution is 6.31. The molecule has 0 saturated carbocycles. The Morgan fingerprint density at radius 1 is 1.36 bits per heavy atom. The summed E-state index contributed by atoms with van der Waals surface area (Å²) in [7, 11) is 3.15. The molecule has 0 N–H and O–H groups in total. The van der Waals surface area contributed by atoms with Gasteiger partial charge in [-0.1, -0.05) is 11.6 Å². The molecule has 2 amide bonds. The van der Waals surface area contributed by atoms with Crippen LogP contribution in [0.25, 0.3) is 0 Å². The van der Waals surface area contributed by atoms with Gasteiger partial charge in [-0.3, -0.25) is 14.4 Å². The van der Waals surface area contributed by atoms with Crippen LogP contribution in [0.15, 0.2) is 18.2 Å². The third-order valence-corrected chi connectivity index (χ3v) is 4.60. The largest absolute Gasteiger partial charge is 0.496 e. The molecule has 0 aliphatic carbocycles. The molecule has 1 aliphatic rings. The first-order valence-corrected chi connectivity index (χ1v) is 8.62. The van der Waals surface area contributed by atoms with Crippen LogP contribution < -0.4 is 4.74 Å². The Kier molecular flexibility index (Phi) is 6.42. The first-order chi connectivity index (χ1) is 11.8. The van der Waals surface area contributed by atoms with Crippen molar-refractivity contribution in [2.45, 2.75) is 32.2 Å². The van der Waals surface area contributed by atoms with Gasteiger partial charge in [-0.25, -0.2) is 0 Å². The third kappa shape index (κ3) is 4.51. The van der Waals surface area contributed by atoms with Crippen LogP contribution in [0, 0.1) is 0 Å². The van der Waals surface area contributed by atoms with Crippen LogP contribution in [0.4, 0.5) is 0 Å². The number of hydrogen-bond donors (Lipinski definition) is 0. The number of nitrogens with zero attached hydrogens (tertiary/aromatic N) is 2. The monoisotopic (exact) mass is 366 g/mol. The van der Waals surface area contributed by atoms with Crippen molar-refractivity contribution in [3.05, 3.63) is 28.8 Å². The SMILES string of the molecule is COc1ccc(Cl)cc1C(=O)N1CCCC1C(=O)N(C)CCC(C)=O. The molecule has 1 aromatic carbocycles. The number of carbonyl (C=O) groups is 3. The van der Waals surface area contributed by atoms with E-state index in [1.54, 1.807) is 30.1 Å². The van der Waals surface area contributed by atoms with Gasteiger partial charge in [0, 0.05) is 31.6 Å². The van der Waals surface area contributed by atoms with Crippen LogP contribution in [0.5, 0.6) is 5.75 Å². The number of Topliss-reactive ketones (excluding diaryl/α,β-unsaturated/α-hetero) is 1. The number of ether oxygens (including phenoxy) is 1. The highest BCUT2D eigenvalue weighted by Gasteiger charge is 2.36. The van der Waals surface area contributed by atoms with Crippen molar-refractivity contribution >= 4 is 29.2 Å². The summed E-state index contributed by atoms with van der Waals surface area (Å²) in [5.41, 5.74) is 0.348. The number of ketones is 1. The standard InChI is InChI=1S/C18H23ClN2O4/c1-12(22)8-10-20(2)18(24)15-5-4-9-21(15)17(23)14-11-13(19)6-7-16(14)25-3/h6-7,11,15H,4-5,8-10H2,1-3H3. The fraction of sp³-hybridized carbons (Fsp3) is 0.500. The van der Waals surface area contributed by atoms with E-state index >= 15 is 0 Å². The van der Waals surface area contributed by atoms with Gasteiger partial charge in [-0.15, -0.1) is 0 Å². The second kappa shape index (κ2) is 8.34. The molecule has 1 atom stereocenters. The highest BCUT2D eigenvalue weighted by atomic mass is 35.5. The molecule has 0 bridgehead atoms. The predicted octanol–water partition coefficient (Wildman–Crippen LogP) is 2.39. The number of hydrogen-bond acceptors (Lipinski definition) is 4. The minimum atomic E-state index is -0.520. The minimum Gasteiger partial charge on any atom is -0.496 e. The van der Waals surface area contributed by atoms with E-state index < -0.39 is 6.04 Å². The van der Waals surface area contributed by atoms with Gasteiger partial charge in [0.1, 0.15) is 17.6 Å². The van der Waals surface area contributed by atoms with Crippen molar-refractivity contribution < 1.29 is 19.1 Å². The molecule has 2 rings (SSSR count). The zero-order valence-electron chi connectivity index (χ0n) is 14.8. The van der Waals surface area contributed by atoms with Crippen molar-refractivity contribution in [2.75, 3.05) is 27.2 Å². The van der Waals surface area contributed by atoms with Crippen LogP contribution in [-0.2, 0) is 9.59 Å². The smallest absolute Gasteiger partial charge is 0.258 e. The van der Waals surface area contributed by atoms with Crippen molar-refractivity contribution in [1.29, 1.82) is 0 Å². The van der Waals surface area contributed by atoms with Crippen molar-refractivity contribution in [3.63, 3.8) is 0 Å². The molecule has 7 heteroatoms. The maximum atomic E-state index is 12.9. The lowest BCUT2D eigenvalue weighted by Gasteiger charge is -2.28. The second-order valence-electron chi connectivity index (χ2n) is 6.21. The molecule has 1 fully saturated rings. The molecular formula is C18H23ClN2O4. The average Bonchev–Trinajstić information content (AvgIpc) is 3.07. The molecule has 1 aromatic rings. The molecule has 25 heavy (non-hydrogen) atoms. The highest BCUT2D eigenvalue weighted by Crippen LogP contribution is 2.28. The Morgan fingerprint density at radius 2 is 2.08 bits per heavy atom. The zero-order valence-corrected chi connectivity index (χ0v) is 15.5. The molecule has 0 spiro atoms. The molecule has 1 aliphatic heterocycles. The van der Waals surface area contributed by atoms with Crippen LogP contribution >= 0.6 is 11.6 Å². The number of carbonyl (C=O) groups excluding carboxylic acids is 3. The van der Waals surface area contributed by atoms with Crippen molar-refractivity contribution in [1.82, 2.24) is 9.80 Å². The van der Waals surface area contributed by atoms with E-state index in [1.165, 1.54) is 18.9 Å². The van der Waals surface area contributed by atoms with E-state index in [9.17, 15) is 14.4 Å². The number of likely N-dealkylation sites (N-methyl/N-ethyl adjacent to an activating group) is 1. The summed E-state index contributed by atoms with van der Waals surface area (Å²) in [6.07, 6.45) is 1.68. The molecule has 1 unspecified atom stereocenters. The predicted molar refractivity (Wildman–Crippen MR) is 95.0 cm³/mol. The molecule has 6 nitrogen and oxygen atoms in total. The van der Waals surface area contributed by atoms with Crippen LogP contribution in [0.2, 0.25) is 5.02 Å². The Balaban J connectivity index is 2.18. The Hall–Kier alpha value is -2.08. The summed E-state index contributed by atoms with van der Waals surface area (Å²) in [5.74, 6) is 0.0448. The average molecular weight is 367 g/mol. The van der Waals surface area contributed by atoms with Gasteiger partial charge in [0.15, 0.2) is 0 Å². The minimum absolute atomic E-state index is 0.0302. The van der Waals surface area contributed by atoms with E-state index in [4.69, 9.17) is 16.3 Å². The lowest BCUT2D eigenvalue weighted by molar-refractivity contribution is -0.134. The number of methoxy groups -OCH3 is 1. The topological polar surface area (TPSA) is 66.9 Å². The van der Waals surface area contributed by atoms with E-state index in [1.807, 2.05) is 0 Å². The van der Waals surface area contributed by atoms with Gasteiger partial charge >= 0.3 is 0 Å². The normalized spacial score (nSPS) is 16.6. The lowest BCUT2D eigenvalue weighted by atomic mass is 10.1. The molecule has 1 heterocycles. The summed E-state index contributed by atoms with van der Waals surface area (Å²) in [6, 6.07) is 4.33. The fourth-order valence-corrected chi connectivity index (χ4v) is 3.13. The fourth-order valence-electron chi connectivity index (χ4n) is 2.96.